The first-order chi connectivity index (χ1) is 14.0. The van der Waals surface area contributed by atoms with E-state index in [9.17, 15) is 33.6 Å². The highest BCUT2D eigenvalue weighted by molar-refractivity contribution is 6.32. The van der Waals surface area contributed by atoms with E-state index in [1.165, 1.54) is 24.3 Å². The fourth-order valence-corrected chi connectivity index (χ4v) is 3.44. The second-order valence-corrected chi connectivity index (χ2v) is 7.47. The van der Waals surface area contributed by atoms with Crippen LogP contribution in [0.15, 0.2) is 36.4 Å². The van der Waals surface area contributed by atoms with E-state index in [1.54, 1.807) is 0 Å². The molecule has 2 aromatic rings. The maximum Gasteiger partial charge on any atom is 0.417 e. The molecule has 5 atom stereocenters. The largest absolute Gasteiger partial charge is 0.460 e. The molecule has 1 heterocycles. The summed E-state index contributed by atoms with van der Waals surface area (Å²) in [6.07, 6.45) is -12.0. The van der Waals surface area contributed by atoms with Crippen molar-refractivity contribution < 1.29 is 43.1 Å². The Morgan fingerprint density at radius 3 is 2.13 bits per heavy atom. The van der Waals surface area contributed by atoms with Gasteiger partial charge in [0.05, 0.1) is 22.2 Å². The first-order valence-corrected chi connectivity index (χ1v) is 9.42. The zero-order valence-electron chi connectivity index (χ0n) is 15.1. The Labute approximate surface area is 179 Å². The van der Waals surface area contributed by atoms with Crippen LogP contribution in [0.4, 0.5) is 13.2 Å². The van der Waals surface area contributed by atoms with Gasteiger partial charge in [0, 0.05) is 0 Å². The van der Waals surface area contributed by atoms with Crippen LogP contribution in [0.3, 0.4) is 0 Å². The molecular weight excluding hydrogens is 452 g/mol. The molecule has 11 heteroatoms. The maximum atomic E-state index is 13.1. The molecule has 3 rings (SSSR count). The van der Waals surface area contributed by atoms with Gasteiger partial charge in [-0.15, -0.1) is 0 Å². The molecule has 1 aliphatic heterocycles. The molecule has 6 nitrogen and oxygen atoms in total. The molecule has 30 heavy (non-hydrogen) atoms. The highest BCUT2D eigenvalue weighted by Gasteiger charge is 2.44. The summed E-state index contributed by atoms with van der Waals surface area (Å²) in [7, 11) is 0. The van der Waals surface area contributed by atoms with Gasteiger partial charge in [0.25, 0.3) is 0 Å². The van der Waals surface area contributed by atoms with Gasteiger partial charge in [-0.1, -0.05) is 35.3 Å². The minimum atomic E-state index is -4.62. The van der Waals surface area contributed by atoms with Gasteiger partial charge < -0.3 is 29.9 Å². The van der Waals surface area contributed by atoms with Crippen LogP contribution in [0.1, 0.15) is 5.56 Å². The Hall–Kier alpha value is -1.59. The summed E-state index contributed by atoms with van der Waals surface area (Å²) in [6.45, 7) is -0.629. The first kappa shape index (κ1) is 23.1. The van der Waals surface area contributed by atoms with Crippen molar-refractivity contribution in [2.45, 2.75) is 36.9 Å². The molecule has 0 aromatic heterocycles. The van der Waals surface area contributed by atoms with Gasteiger partial charge in [-0.3, -0.25) is 0 Å². The highest BCUT2D eigenvalue weighted by Crippen LogP contribution is 2.39. The molecule has 0 saturated carbocycles. The number of halogens is 5. The number of benzene rings is 2. The molecular formula is C19H17Cl2F3O6. The number of aliphatic hydroxyl groups excluding tert-OH is 4. The van der Waals surface area contributed by atoms with Gasteiger partial charge in [-0.2, -0.15) is 13.2 Å². The number of hydrogen-bond acceptors (Lipinski definition) is 6. The Morgan fingerprint density at radius 2 is 1.53 bits per heavy atom. The minimum Gasteiger partial charge on any atom is -0.460 e. The van der Waals surface area contributed by atoms with Gasteiger partial charge in [0.15, 0.2) is 0 Å². The molecule has 0 radical (unpaired) electrons. The SMILES string of the molecule is OC[C@H]1O[C@H](Oc2ccc(-c3ccc(Cl)c(C(F)(F)F)c3)cc2Cl)[C@@H](O)[C@@H](O)[C@@H]1O. The average molecular weight is 469 g/mol. The Balaban J connectivity index is 1.84. The number of alkyl halides is 3. The van der Waals surface area contributed by atoms with Crippen LogP contribution >= 0.6 is 23.2 Å². The zero-order chi connectivity index (χ0) is 22.2. The smallest absolute Gasteiger partial charge is 0.417 e. The van der Waals surface area contributed by atoms with Crippen molar-refractivity contribution in [3.63, 3.8) is 0 Å². The number of rotatable bonds is 4. The Bertz CT molecular complexity index is 908. The highest BCUT2D eigenvalue weighted by atomic mass is 35.5. The van der Waals surface area contributed by atoms with Gasteiger partial charge in [-0.05, 0) is 35.4 Å². The number of hydrogen-bond donors (Lipinski definition) is 4. The zero-order valence-corrected chi connectivity index (χ0v) is 16.6. The molecule has 0 spiro atoms. The second kappa shape index (κ2) is 8.88. The van der Waals surface area contributed by atoms with Crippen LogP contribution in [-0.2, 0) is 10.9 Å². The third-order valence-electron chi connectivity index (χ3n) is 4.63. The fraction of sp³-hybridized carbons (Fsp3) is 0.368. The molecule has 0 aliphatic carbocycles. The second-order valence-electron chi connectivity index (χ2n) is 6.65. The van der Waals surface area contributed by atoms with Crippen LogP contribution in [-0.4, -0.2) is 57.7 Å². The van der Waals surface area contributed by atoms with Crippen LogP contribution in [0, 0.1) is 0 Å². The van der Waals surface area contributed by atoms with Gasteiger partial charge in [-0.25, -0.2) is 0 Å². The first-order valence-electron chi connectivity index (χ1n) is 8.66. The molecule has 1 aliphatic rings. The summed E-state index contributed by atoms with van der Waals surface area (Å²) in [6, 6.07) is 7.57. The molecule has 1 fully saturated rings. The molecule has 164 valence electrons. The van der Waals surface area contributed by atoms with Crippen molar-refractivity contribution in [2.75, 3.05) is 6.61 Å². The summed E-state index contributed by atoms with van der Waals surface area (Å²) >= 11 is 11.8. The molecule has 1 saturated heterocycles. The summed E-state index contributed by atoms with van der Waals surface area (Å²) in [4.78, 5) is 0. The Kier molecular flexibility index (Phi) is 6.83. The van der Waals surface area contributed by atoms with Gasteiger partial charge in [0.2, 0.25) is 6.29 Å². The minimum absolute atomic E-state index is 0.00651. The topological polar surface area (TPSA) is 99.4 Å². The van der Waals surface area contributed by atoms with Crippen molar-refractivity contribution in [3.8, 4) is 16.9 Å². The van der Waals surface area contributed by atoms with Crippen molar-refractivity contribution in [1.29, 1.82) is 0 Å². The lowest BCUT2D eigenvalue weighted by Gasteiger charge is -2.39. The van der Waals surface area contributed by atoms with E-state index >= 15 is 0 Å². The third kappa shape index (κ3) is 4.67. The van der Waals surface area contributed by atoms with Crippen molar-refractivity contribution in [2.24, 2.45) is 0 Å². The number of aliphatic hydroxyl groups is 4. The van der Waals surface area contributed by atoms with Crippen molar-refractivity contribution in [3.05, 3.63) is 52.0 Å². The van der Waals surface area contributed by atoms with E-state index in [4.69, 9.17) is 32.7 Å². The predicted molar refractivity (Wildman–Crippen MR) is 101 cm³/mol. The fourth-order valence-electron chi connectivity index (χ4n) is 2.99. The van der Waals surface area contributed by atoms with Crippen molar-refractivity contribution >= 4 is 23.2 Å². The van der Waals surface area contributed by atoms with E-state index in [2.05, 4.69) is 0 Å². The summed E-state index contributed by atoms with van der Waals surface area (Å²) in [5.41, 5.74) is -0.421. The normalized spacial score (nSPS) is 27.2. The standard InChI is InChI=1S/C19H17Cl2F3O6/c20-11-3-1-8(5-10(11)19(22,23)24)9-2-4-13(12(21)6-9)29-18-17(28)16(27)15(26)14(7-25)30-18/h1-6,14-18,25-28H,7H2/t14-,15-,16+,17+,18+/m1/s1. The van der Waals surface area contributed by atoms with E-state index in [0.29, 0.717) is 5.56 Å². The molecule has 0 amide bonds. The third-order valence-corrected chi connectivity index (χ3v) is 5.25. The average Bonchev–Trinajstić information content (AvgIpc) is 2.69. The lowest BCUT2D eigenvalue weighted by Crippen LogP contribution is -2.60. The number of ether oxygens (including phenoxy) is 2. The van der Waals surface area contributed by atoms with E-state index in [0.717, 1.165) is 12.1 Å². The monoisotopic (exact) mass is 468 g/mol. The van der Waals surface area contributed by atoms with Crippen LogP contribution < -0.4 is 4.74 Å². The molecule has 2 aromatic carbocycles. The van der Waals surface area contributed by atoms with Crippen LogP contribution in [0.2, 0.25) is 10.0 Å². The predicted octanol–water partition coefficient (Wildman–Crippen LogP) is 2.86. The molecule has 0 unspecified atom stereocenters. The van der Waals surface area contributed by atoms with Gasteiger partial charge >= 0.3 is 6.18 Å². The van der Waals surface area contributed by atoms with Crippen LogP contribution in [0.5, 0.6) is 5.75 Å². The molecule has 4 N–H and O–H groups in total. The molecule has 0 bridgehead atoms. The lowest BCUT2D eigenvalue weighted by molar-refractivity contribution is -0.277. The quantitative estimate of drug-likeness (QED) is 0.550. The Morgan fingerprint density at radius 1 is 0.900 bits per heavy atom. The lowest BCUT2D eigenvalue weighted by atomic mass is 9.99. The summed E-state index contributed by atoms with van der Waals surface area (Å²) < 4.78 is 49.9. The van der Waals surface area contributed by atoms with Crippen LogP contribution in [0.25, 0.3) is 11.1 Å². The van der Waals surface area contributed by atoms with Crippen molar-refractivity contribution in [1.82, 2.24) is 0 Å². The maximum absolute atomic E-state index is 13.1. The summed E-state index contributed by atoms with van der Waals surface area (Å²) in [5, 5.41) is 38.4. The van der Waals surface area contributed by atoms with E-state index < -0.39 is 54.1 Å². The van der Waals surface area contributed by atoms with Gasteiger partial charge in [0.1, 0.15) is 30.2 Å². The van der Waals surface area contributed by atoms with E-state index in [-0.39, 0.29) is 16.3 Å². The van der Waals surface area contributed by atoms with E-state index in [1.807, 2.05) is 0 Å². The summed E-state index contributed by atoms with van der Waals surface area (Å²) in [5.74, 6) is 0.00903.